The summed E-state index contributed by atoms with van der Waals surface area (Å²) in [5.74, 6) is 0.0161. The highest BCUT2D eigenvalue weighted by Crippen LogP contribution is 2.11. The molecule has 3 aromatic rings. The number of rotatable bonds is 6. The van der Waals surface area contributed by atoms with Crippen LogP contribution in [-0.2, 0) is 17.8 Å². The first kappa shape index (κ1) is 16.3. The molecule has 0 unspecified atom stereocenters. The molecule has 0 radical (unpaired) electrons. The van der Waals surface area contributed by atoms with E-state index in [1.807, 2.05) is 65.5 Å². The summed E-state index contributed by atoms with van der Waals surface area (Å²) in [6.07, 6.45) is 4.85. The van der Waals surface area contributed by atoms with Crippen molar-refractivity contribution in [3.8, 4) is 5.69 Å². The Morgan fingerprint density at radius 3 is 2.71 bits per heavy atom. The number of aromatic nitrogens is 2. The van der Waals surface area contributed by atoms with Crippen LogP contribution in [0.3, 0.4) is 0 Å². The van der Waals surface area contributed by atoms with Crippen LogP contribution in [0.25, 0.3) is 5.69 Å². The van der Waals surface area contributed by atoms with Crippen LogP contribution in [0.5, 0.6) is 0 Å². The Hall–Kier alpha value is -2.59. The van der Waals surface area contributed by atoms with E-state index in [4.69, 9.17) is 11.6 Å². The molecule has 24 heavy (non-hydrogen) atoms. The number of halogens is 1. The molecule has 0 fully saturated rings. The lowest BCUT2D eigenvalue weighted by molar-refractivity contribution is -0.121. The highest BCUT2D eigenvalue weighted by Gasteiger charge is 2.05. The molecule has 0 saturated carbocycles. The van der Waals surface area contributed by atoms with Gasteiger partial charge in [0.15, 0.2) is 0 Å². The van der Waals surface area contributed by atoms with Gasteiger partial charge in [-0.2, -0.15) is 5.10 Å². The Bertz CT molecular complexity index is 814. The summed E-state index contributed by atoms with van der Waals surface area (Å²) in [5.41, 5.74) is 3.04. The maximum atomic E-state index is 12.0. The van der Waals surface area contributed by atoms with Crippen LogP contribution in [-0.4, -0.2) is 15.7 Å². The number of carbonyl (C=O) groups is 1. The number of hydrogen-bond acceptors (Lipinski definition) is 2. The summed E-state index contributed by atoms with van der Waals surface area (Å²) >= 11 is 5.93. The number of para-hydroxylation sites is 1. The zero-order chi connectivity index (χ0) is 16.8. The van der Waals surface area contributed by atoms with Gasteiger partial charge in [-0.25, -0.2) is 4.68 Å². The fraction of sp³-hybridized carbons (Fsp3) is 0.158. The second kappa shape index (κ2) is 7.79. The average molecular weight is 340 g/mol. The van der Waals surface area contributed by atoms with Crippen LogP contribution >= 0.6 is 11.6 Å². The van der Waals surface area contributed by atoms with Crippen molar-refractivity contribution in [2.24, 2.45) is 0 Å². The van der Waals surface area contributed by atoms with Crippen molar-refractivity contribution in [2.45, 2.75) is 19.4 Å². The largest absolute Gasteiger partial charge is 0.352 e. The lowest BCUT2D eigenvalue weighted by atomic mass is 10.2. The van der Waals surface area contributed by atoms with Crippen LogP contribution in [0.1, 0.15) is 17.5 Å². The lowest BCUT2D eigenvalue weighted by Crippen LogP contribution is -2.22. The number of hydrogen-bond donors (Lipinski definition) is 1. The number of carbonyl (C=O) groups excluding carboxylic acids is 1. The van der Waals surface area contributed by atoms with Gasteiger partial charge in [0.25, 0.3) is 0 Å². The number of nitrogens with zero attached hydrogens (tertiary/aromatic N) is 2. The van der Waals surface area contributed by atoms with Gasteiger partial charge in [0.2, 0.25) is 5.91 Å². The first-order valence-corrected chi connectivity index (χ1v) is 8.18. The van der Waals surface area contributed by atoms with Gasteiger partial charge in [-0.1, -0.05) is 41.9 Å². The number of amides is 1. The van der Waals surface area contributed by atoms with Crippen LogP contribution in [0.4, 0.5) is 0 Å². The summed E-state index contributed by atoms with van der Waals surface area (Å²) in [6, 6.07) is 17.4. The van der Waals surface area contributed by atoms with Gasteiger partial charge in [0.1, 0.15) is 0 Å². The molecule has 122 valence electrons. The predicted molar refractivity (Wildman–Crippen MR) is 95.2 cm³/mol. The van der Waals surface area contributed by atoms with E-state index in [2.05, 4.69) is 10.4 Å². The van der Waals surface area contributed by atoms with Crippen molar-refractivity contribution < 1.29 is 4.79 Å². The third-order valence-corrected chi connectivity index (χ3v) is 3.91. The Balaban J connectivity index is 1.49. The molecule has 2 aromatic carbocycles. The van der Waals surface area contributed by atoms with Crippen LogP contribution in [0.2, 0.25) is 5.02 Å². The second-order valence-corrected chi connectivity index (χ2v) is 5.97. The smallest absolute Gasteiger partial charge is 0.220 e. The van der Waals surface area contributed by atoms with Gasteiger partial charge in [0, 0.05) is 24.2 Å². The first-order valence-electron chi connectivity index (χ1n) is 7.81. The minimum atomic E-state index is 0.0161. The molecule has 5 heteroatoms. The third-order valence-electron chi connectivity index (χ3n) is 3.68. The Morgan fingerprint density at radius 2 is 1.92 bits per heavy atom. The summed E-state index contributed by atoms with van der Waals surface area (Å²) in [6.45, 7) is 0.489. The lowest BCUT2D eigenvalue weighted by Gasteiger charge is -2.05. The maximum absolute atomic E-state index is 12.0. The van der Waals surface area contributed by atoms with Crippen molar-refractivity contribution in [3.05, 3.63) is 83.1 Å². The average Bonchev–Trinajstić information content (AvgIpc) is 3.08. The highest BCUT2D eigenvalue weighted by molar-refractivity contribution is 6.30. The molecule has 3 rings (SSSR count). The van der Waals surface area contributed by atoms with Crippen LogP contribution in [0, 0.1) is 0 Å². The summed E-state index contributed by atoms with van der Waals surface area (Å²) in [7, 11) is 0. The topological polar surface area (TPSA) is 46.9 Å². The van der Waals surface area contributed by atoms with E-state index >= 15 is 0 Å². The SMILES string of the molecule is O=C(CCc1cnn(-c2ccccc2)c1)NCc1cccc(Cl)c1. The highest BCUT2D eigenvalue weighted by atomic mass is 35.5. The standard InChI is InChI=1S/C19H18ClN3O/c20-17-6-4-5-15(11-17)12-21-19(24)10-9-16-13-22-23(14-16)18-7-2-1-3-8-18/h1-8,11,13-14H,9-10,12H2,(H,21,24). The molecular formula is C19H18ClN3O. The zero-order valence-electron chi connectivity index (χ0n) is 13.2. The van der Waals surface area contributed by atoms with Gasteiger partial charge < -0.3 is 5.32 Å². The van der Waals surface area contributed by atoms with E-state index in [1.54, 1.807) is 6.20 Å². The molecule has 0 atom stereocenters. The van der Waals surface area contributed by atoms with Crippen molar-refractivity contribution in [1.29, 1.82) is 0 Å². The van der Waals surface area contributed by atoms with E-state index in [1.165, 1.54) is 0 Å². The summed E-state index contributed by atoms with van der Waals surface area (Å²) < 4.78 is 1.82. The molecular weight excluding hydrogens is 322 g/mol. The van der Waals surface area contributed by atoms with Crippen molar-refractivity contribution in [1.82, 2.24) is 15.1 Å². The fourth-order valence-corrected chi connectivity index (χ4v) is 2.62. The van der Waals surface area contributed by atoms with Gasteiger partial charge in [-0.3, -0.25) is 4.79 Å². The van der Waals surface area contributed by atoms with E-state index < -0.39 is 0 Å². The Labute approximate surface area is 146 Å². The van der Waals surface area contributed by atoms with Gasteiger partial charge in [-0.05, 0) is 41.8 Å². The molecule has 1 amide bonds. The van der Waals surface area contributed by atoms with Crippen LogP contribution < -0.4 is 5.32 Å². The quantitative estimate of drug-likeness (QED) is 0.743. The van der Waals surface area contributed by atoms with E-state index in [0.29, 0.717) is 24.4 Å². The monoisotopic (exact) mass is 339 g/mol. The second-order valence-electron chi connectivity index (χ2n) is 5.54. The predicted octanol–water partition coefficient (Wildman–Crippen LogP) is 3.77. The van der Waals surface area contributed by atoms with Gasteiger partial charge in [-0.15, -0.1) is 0 Å². The Morgan fingerprint density at radius 1 is 1.08 bits per heavy atom. The van der Waals surface area contributed by atoms with Crippen molar-refractivity contribution in [3.63, 3.8) is 0 Å². The van der Waals surface area contributed by atoms with Gasteiger partial charge >= 0.3 is 0 Å². The van der Waals surface area contributed by atoms with Crippen LogP contribution in [0.15, 0.2) is 67.0 Å². The van der Waals surface area contributed by atoms with Crippen molar-refractivity contribution >= 4 is 17.5 Å². The first-order chi connectivity index (χ1) is 11.7. The molecule has 0 aliphatic heterocycles. The molecule has 1 aromatic heterocycles. The molecule has 0 spiro atoms. The Kier molecular flexibility index (Phi) is 5.29. The van der Waals surface area contributed by atoms with E-state index in [0.717, 1.165) is 16.8 Å². The number of benzene rings is 2. The normalized spacial score (nSPS) is 10.5. The molecule has 0 aliphatic carbocycles. The van der Waals surface area contributed by atoms with Crippen molar-refractivity contribution in [2.75, 3.05) is 0 Å². The number of aryl methyl sites for hydroxylation is 1. The zero-order valence-corrected chi connectivity index (χ0v) is 13.9. The minimum Gasteiger partial charge on any atom is -0.352 e. The van der Waals surface area contributed by atoms with E-state index in [9.17, 15) is 4.79 Å². The molecule has 1 heterocycles. The number of nitrogens with one attached hydrogen (secondary N) is 1. The molecule has 0 saturated heterocycles. The summed E-state index contributed by atoms with van der Waals surface area (Å²) in [5, 5.41) is 7.92. The maximum Gasteiger partial charge on any atom is 0.220 e. The minimum absolute atomic E-state index is 0.0161. The summed E-state index contributed by atoms with van der Waals surface area (Å²) in [4.78, 5) is 12.0. The molecule has 0 bridgehead atoms. The fourth-order valence-electron chi connectivity index (χ4n) is 2.40. The molecule has 4 nitrogen and oxygen atoms in total. The molecule has 1 N–H and O–H groups in total. The molecule has 0 aliphatic rings. The van der Waals surface area contributed by atoms with E-state index in [-0.39, 0.29) is 5.91 Å². The third kappa shape index (κ3) is 4.46. The van der Waals surface area contributed by atoms with Gasteiger partial charge in [0.05, 0.1) is 11.9 Å².